The minimum Gasteiger partial charge on any atom is -0.466 e. The Morgan fingerprint density at radius 3 is 2.61 bits per heavy atom. The van der Waals surface area contributed by atoms with Gasteiger partial charge in [0, 0.05) is 6.04 Å². The van der Waals surface area contributed by atoms with E-state index in [1.54, 1.807) is 6.92 Å². The van der Waals surface area contributed by atoms with Gasteiger partial charge in [0.05, 0.1) is 13.0 Å². The standard InChI is InChI=1S/C14H20BNO2/c1-4-18-14(17)8-12(16)7-11-5-9(2)10(3)6-13(11)15/h5-6,12H,4,7-8,16H2,1-3H3/t12-/m0/s1. The van der Waals surface area contributed by atoms with E-state index < -0.39 is 0 Å². The molecular weight excluding hydrogens is 225 g/mol. The number of nitrogens with two attached hydrogens (primary N) is 1. The third-order valence-electron chi connectivity index (χ3n) is 2.97. The topological polar surface area (TPSA) is 52.3 Å². The van der Waals surface area contributed by atoms with Crippen LogP contribution in [0.5, 0.6) is 0 Å². The summed E-state index contributed by atoms with van der Waals surface area (Å²) in [5.74, 6) is -0.257. The van der Waals surface area contributed by atoms with Gasteiger partial charge in [0.2, 0.25) is 0 Å². The van der Waals surface area contributed by atoms with Crippen LogP contribution >= 0.6 is 0 Å². The zero-order valence-electron chi connectivity index (χ0n) is 11.3. The third-order valence-corrected chi connectivity index (χ3v) is 2.97. The number of hydrogen-bond donors (Lipinski definition) is 1. The molecule has 0 aliphatic carbocycles. The normalized spacial score (nSPS) is 12.2. The van der Waals surface area contributed by atoms with Gasteiger partial charge in [0.15, 0.2) is 0 Å². The van der Waals surface area contributed by atoms with Crippen molar-refractivity contribution in [2.75, 3.05) is 6.61 Å². The summed E-state index contributed by atoms with van der Waals surface area (Å²) in [6.07, 6.45) is 0.811. The molecule has 96 valence electrons. The van der Waals surface area contributed by atoms with Gasteiger partial charge in [0.1, 0.15) is 7.85 Å². The molecule has 18 heavy (non-hydrogen) atoms. The Balaban J connectivity index is 2.67. The van der Waals surface area contributed by atoms with Crippen LogP contribution in [0.1, 0.15) is 30.0 Å². The second-order valence-electron chi connectivity index (χ2n) is 4.61. The van der Waals surface area contributed by atoms with Gasteiger partial charge in [-0.2, -0.15) is 0 Å². The van der Waals surface area contributed by atoms with Gasteiger partial charge in [-0.15, -0.1) is 0 Å². The molecule has 0 saturated carbocycles. The van der Waals surface area contributed by atoms with Crippen molar-refractivity contribution in [2.24, 2.45) is 5.73 Å². The highest BCUT2D eigenvalue weighted by Gasteiger charge is 2.12. The quantitative estimate of drug-likeness (QED) is 0.620. The molecule has 0 aliphatic heterocycles. The summed E-state index contributed by atoms with van der Waals surface area (Å²) in [6.45, 7) is 6.23. The molecule has 1 aromatic carbocycles. The van der Waals surface area contributed by atoms with Crippen molar-refractivity contribution in [3.8, 4) is 0 Å². The fourth-order valence-corrected chi connectivity index (χ4v) is 1.86. The van der Waals surface area contributed by atoms with Crippen LogP contribution in [0, 0.1) is 13.8 Å². The van der Waals surface area contributed by atoms with E-state index in [2.05, 4.69) is 0 Å². The predicted molar refractivity (Wildman–Crippen MR) is 74.2 cm³/mol. The molecular formula is C14H20BNO2. The number of esters is 1. The molecule has 0 spiro atoms. The van der Waals surface area contributed by atoms with Crippen molar-refractivity contribution < 1.29 is 9.53 Å². The van der Waals surface area contributed by atoms with Crippen molar-refractivity contribution in [3.05, 3.63) is 28.8 Å². The Hall–Kier alpha value is -1.29. The third kappa shape index (κ3) is 4.19. The lowest BCUT2D eigenvalue weighted by molar-refractivity contribution is -0.143. The van der Waals surface area contributed by atoms with E-state index in [4.69, 9.17) is 18.3 Å². The Kier molecular flexibility index (Phi) is 5.41. The summed E-state index contributed by atoms with van der Waals surface area (Å²) >= 11 is 0. The first-order valence-electron chi connectivity index (χ1n) is 6.20. The summed E-state index contributed by atoms with van der Waals surface area (Å²) in [4.78, 5) is 11.3. The molecule has 0 fully saturated rings. The summed E-state index contributed by atoms with van der Waals surface area (Å²) < 4.78 is 4.87. The molecule has 0 saturated heterocycles. The molecule has 1 aromatic rings. The number of carbonyl (C=O) groups is 1. The molecule has 0 amide bonds. The number of ether oxygens (including phenoxy) is 1. The maximum atomic E-state index is 11.3. The zero-order valence-corrected chi connectivity index (χ0v) is 11.3. The van der Waals surface area contributed by atoms with Gasteiger partial charge in [-0.05, 0) is 38.3 Å². The molecule has 2 N–H and O–H groups in total. The molecule has 0 aromatic heterocycles. The lowest BCUT2D eigenvalue weighted by Gasteiger charge is -2.15. The highest BCUT2D eigenvalue weighted by atomic mass is 16.5. The van der Waals surface area contributed by atoms with Crippen LogP contribution in [-0.4, -0.2) is 26.5 Å². The van der Waals surface area contributed by atoms with Gasteiger partial charge in [-0.25, -0.2) is 0 Å². The van der Waals surface area contributed by atoms with Crippen LogP contribution in [0.4, 0.5) is 0 Å². The Labute approximate surface area is 110 Å². The van der Waals surface area contributed by atoms with Gasteiger partial charge in [0.25, 0.3) is 0 Å². The zero-order chi connectivity index (χ0) is 13.7. The summed E-state index contributed by atoms with van der Waals surface area (Å²) in [6, 6.07) is 3.73. The molecule has 0 unspecified atom stereocenters. The highest BCUT2D eigenvalue weighted by Crippen LogP contribution is 2.10. The van der Waals surface area contributed by atoms with Gasteiger partial charge in [-0.3, -0.25) is 4.79 Å². The summed E-state index contributed by atoms with van der Waals surface area (Å²) in [5.41, 5.74) is 10.0. The van der Waals surface area contributed by atoms with E-state index in [-0.39, 0.29) is 18.4 Å². The van der Waals surface area contributed by atoms with E-state index in [1.807, 2.05) is 26.0 Å². The van der Waals surface area contributed by atoms with E-state index in [9.17, 15) is 4.79 Å². The molecule has 4 heteroatoms. The van der Waals surface area contributed by atoms with Crippen LogP contribution < -0.4 is 11.2 Å². The van der Waals surface area contributed by atoms with Crippen molar-refractivity contribution in [1.82, 2.24) is 0 Å². The largest absolute Gasteiger partial charge is 0.466 e. The number of rotatable bonds is 5. The molecule has 1 atom stereocenters. The van der Waals surface area contributed by atoms with Gasteiger partial charge in [-0.1, -0.05) is 23.2 Å². The van der Waals surface area contributed by atoms with Gasteiger partial charge >= 0.3 is 5.97 Å². The number of aryl methyl sites for hydroxylation is 2. The van der Waals surface area contributed by atoms with Gasteiger partial charge < -0.3 is 10.5 Å². The minimum absolute atomic E-state index is 0.222. The molecule has 3 nitrogen and oxygen atoms in total. The van der Waals surface area contributed by atoms with E-state index in [0.717, 1.165) is 16.6 Å². The molecule has 0 bridgehead atoms. The smallest absolute Gasteiger partial charge is 0.307 e. The van der Waals surface area contributed by atoms with Crippen LogP contribution in [0.2, 0.25) is 0 Å². The minimum atomic E-state index is -0.257. The molecule has 2 radical (unpaired) electrons. The Bertz CT molecular complexity index is 432. The lowest BCUT2D eigenvalue weighted by Crippen LogP contribution is -2.29. The number of benzene rings is 1. The number of hydrogen-bond acceptors (Lipinski definition) is 3. The predicted octanol–water partition coefficient (Wildman–Crippen LogP) is 0.920. The van der Waals surface area contributed by atoms with Crippen LogP contribution in [0.15, 0.2) is 12.1 Å². The number of carbonyl (C=O) groups excluding carboxylic acids is 1. The highest BCUT2D eigenvalue weighted by molar-refractivity contribution is 6.33. The molecule has 1 rings (SSSR count). The fraction of sp³-hybridized carbons (Fsp3) is 0.500. The second-order valence-corrected chi connectivity index (χ2v) is 4.61. The Morgan fingerprint density at radius 1 is 1.39 bits per heavy atom. The average Bonchev–Trinajstić information content (AvgIpc) is 2.26. The molecule has 0 aliphatic rings. The van der Waals surface area contributed by atoms with Crippen LogP contribution in [-0.2, 0) is 16.0 Å². The first kappa shape index (κ1) is 14.8. The first-order valence-corrected chi connectivity index (χ1v) is 6.20. The van der Waals surface area contributed by atoms with E-state index in [0.29, 0.717) is 13.0 Å². The Morgan fingerprint density at radius 2 is 2.00 bits per heavy atom. The van der Waals surface area contributed by atoms with Crippen molar-refractivity contribution in [2.45, 2.75) is 39.7 Å². The van der Waals surface area contributed by atoms with Crippen LogP contribution in [0.3, 0.4) is 0 Å². The summed E-state index contributed by atoms with van der Waals surface area (Å²) in [7, 11) is 5.96. The summed E-state index contributed by atoms with van der Waals surface area (Å²) in [5, 5.41) is 0. The fourth-order valence-electron chi connectivity index (χ4n) is 1.86. The first-order chi connectivity index (χ1) is 8.43. The van der Waals surface area contributed by atoms with Crippen molar-refractivity contribution in [3.63, 3.8) is 0 Å². The second kappa shape index (κ2) is 6.59. The monoisotopic (exact) mass is 245 g/mol. The van der Waals surface area contributed by atoms with E-state index in [1.165, 1.54) is 5.56 Å². The maximum absolute atomic E-state index is 11.3. The van der Waals surface area contributed by atoms with Crippen LogP contribution in [0.25, 0.3) is 0 Å². The van der Waals surface area contributed by atoms with E-state index >= 15 is 0 Å². The SMILES string of the molecule is [B]c1cc(C)c(C)cc1C[C@H](N)CC(=O)OCC. The lowest BCUT2D eigenvalue weighted by atomic mass is 9.84. The maximum Gasteiger partial charge on any atom is 0.307 e. The average molecular weight is 245 g/mol. The molecule has 0 heterocycles. The van der Waals surface area contributed by atoms with Crippen molar-refractivity contribution in [1.29, 1.82) is 0 Å². The van der Waals surface area contributed by atoms with Crippen molar-refractivity contribution >= 4 is 19.3 Å².